The molecule has 0 bridgehead atoms. The van der Waals surface area contributed by atoms with Crippen LogP contribution in [0.1, 0.15) is 24.3 Å². The van der Waals surface area contributed by atoms with Gasteiger partial charge < -0.3 is 10.6 Å². The Morgan fingerprint density at radius 3 is 2.80 bits per heavy atom. The van der Waals surface area contributed by atoms with Crippen LogP contribution in [0.5, 0.6) is 0 Å². The number of hydrogen-bond donors (Lipinski definition) is 2. The highest BCUT2D eigenvalue weighted by Gasteiger charge is 2.39. The number of benzene rings is 1. The second-order valence-electron chi connectivity index (χ2n) is 4.72. The molecule has 0 aromatic heterocycles. The van der Waals surface area contributed by atoms with Crippen LogP contribution in [0.4, 0.5) is 0 Å². The van der Waals surface area contributed by atoms with Crippen molar-refractivity contribution in [1.82, 2.24) is 10.6 Å². The van der Waals surface area contributed by atoms with Crippen LogP contribution in [0.3, 0.4) is 0 Å². The average molecular weight is 202 g/mol. The van der Waals surface area contributed by atoms with Crippen LogP contribution < -0.4 is 10.6 Å². The fourth-order valence-corrected chi connectivity index (χ4v) is 2.55. The summed E-state index contributed by atoms with van der Waals surface area (Å²) < 4.78 is 0. The minimum Gasteiger partial charge on any atom is -0.315 e. The molecule has 0 amide bonds. The highest BCUT2D eigenvalue weighted by molar-refractivity contribution is 5.27. The summed E-state index contributed by atoms with van der Waals surface area (Å²) in [5, 5.41) is 7.14. The van der Waals surface area contributed by atoms with Gasteiger partial charge in [-0.15, -0.1) is 0 Å². The monoisotopic (exact) mass is 202 g/mol. The Kier molecular flexibility index (Phi) is 2.47. The molecule has 3 unspecified atom stereocenters. The van der Waals surface area contributed by atoms with Gasteiger partial charge in [-0.25, -0.2) is 0 Å². The Bertz CT molecular complexity index is 317. The predicted octanol–water partition coefficient (Wildman–Crippen LogP) is 1.49. The molecule has 3 atom stereocenters. The van der Waals surface area contributed by atoms with Crippen LogP contribution in [-0.4, -0.2) is 25.2 Å². The first-order chi connectivity index (χ1) is 7.43. The molecule has 1 heterocycles. The van der Waals surface area contributed by atoms with Gasteiger partial charge in [-0.2, -0.15) is 0 Å². The molecule has 2 nitrogen and oxygen atoms in total. The summed E-state index contributed by atoms with van der Waals surface area (Å²) in [6.45, 7) is 2.33. The third-order valence-corrected chi connectivity index (χ3v) is 3.53. The Morgan fingerprint density at radius 2 is 2.07 bits per heavy atom. The van der Waals surface area contributed by atoms with Crippen LogP contribution in [0, 0.1) is 0 Å². The molecular formula is C13H18N2. The first kappa shape index (κ1) is 9.37. The Hall–Kier alpha value is -0.860. The van der Waals surface area contributed by atoms with Crippen molar-refractivity contribution in [1.29, 1.82) is 0 Å². The molecule has 15 heavy (non-hydrogen) atoms. The maximum Gasteiger partial charge on any atom is 0.0207 e. The van der Waals surface area contributed by atoms with Gasteiger partial charge in [0.25, 0.3) is 0 Å². The maximum absolute atomic E-state index is 3.74. The molecule has 1 aliphatic heterocycles. The van der Waals surface area contributed by atoms with E-state index < -0.39 is 0 Å². The summed E-state index contributed by atoms with van der Waals surface area (Å²) in [6, 6.07) is 12.3. The van der Waals surface area contributed by atoms with E-state index in [0.29, 0.717) is 6.04 Å². The molecule has 2 heteroatoms. The van der Waals surface area contributed by atoms with Crippen molar-refractivity contribution >= 4 is 0 Å². The van der Waals surface area contributed by atoms with Crippen LogP contribution >= 0.6 is 0 Å². The fraction of sp³-hybridized carbons (Fsp3) is 0.538. The standard InChI is InChI=1S/C13H18N2/c1-2-4-10(5-3-1)12-8-13(12)15-11-6-7-14-9-11/h1-5,11-15H,6-9H2. The van der Waals surface area contributed by atoms with Gasteiger partial charge in [0.05, 0.1) is 0 Å². The van der Waals surface area contributed by atoms with E-state index in [4.69, 9.17) is 0 Å². The van der Waals surface area contributed by atoms with E-state index in [1.807, 2.05) is 0 Å². The van der Waals surface area contributed by atoms with Gasteiger partial charge in [0.15, 0.2) is 0 Å². The van der Waals surface area contributed by atoms with Crippen molar-refractivity contribution in [2.45, 2.75) is 30.8 Å². The Balaban J connectivity index is 1.55. The summed E-state index contributed by atoms with van der Waals surface area (Å²) >= 11 is 0. The molecule has 3 rings (SSSR count). The molecule has 0 radical (unpaired) electrons. The van der Waals surface area contributed by atoms with E-state index in [1.165, 1.54) is 24.9 Å². The molecule has 0 spiro atoms. The third kappa shape index (κ3) is 2.06. The second-order valence-corrected chi connectivity index (χ2v) is 4.72. The number of rotatable bonds is 3. The van der Waals surface area contributed by atoms with Crippen molar-refractivity contribution in [2.24, 2.45) is 0 Å². The maximum atomic E-state index is 3.74. The van der Waals surface area contributed by atoms with Crippen LogP contribution in [0.2, 0.25) is 0 Å². The van der Waals surface area contributed by atoms with E-state index >= 15 is 0 Å². The van der Waals surface area contributed by atoms with Crippen molar-refractivity contribution < 1.29 is 0 Å². The molecule has 80 valence electrons. The van der Waals surface area contributed by atoms with Gasteiger partial charge in [0, 0.05) is 24.5 Å². The average Bonchev–Trinajstić information content (AvgIpc) is 2.84. The molecule has 1 aromatic rings. The molecule has 1 aromatic carbocycles. The minimum absolute atomic E-state index is 0.712. The van der Waals surface area contributed by atoms with E-state index in [1.54, 1.807) is 0 Å². The van der Waals surface area contributed by atoms with Crippen LogP contribution in [0.15, 0.2) is 30.3 Å². The second kappa shape index (κ2) is 3.95. The summed E-state index contributed by atoms with van der Waals surface area (Å²) in [5.41, 5.74) is 1.50. The SMILES string of the molecule is c1ccc(C2CC2NC2CCNC2)cc1. The van der Waals surface area contributed by atoms with Crippen molar-refractivity contribution in [3.8, 4) is 0 Å². The lowest BCUT2D eigenvalue weighted by atomic mass is 10.1. The van der Waals surface area contributed by atoms with Crippen LogP contribution in [-0.2, 0) is 0 Å². The van der Waals surface area contributed by atoms with E-state index in [2.05, 4.69) is 41.0 Å². The zero-order valence-corrected chi connectivity index (χ0v) is 8.95. The van der Waals surface area contributed by atoms with E-state index in [-0.39, 0.29) is 0 Å². The first-order valence-corrected chi connectivity index (χ1v) is 5.95. The molecule has 1 saturated heterocycles. The summed E-state index contributed by atoms with van der Waals surface area (Å²) in [5.74, 6) is 0.770. The fourth-order valence-electron chi connectivity index (χ4n) is 2.55. The van der Waals surface area contributed by atoms with Gasteiger partial charge in [-0.3, -0.25) is 0 Å². The predicted molar refractivity (Wildman–Crippen MR) is 62.0 cm³/mol. The minimum atomic E-state index is 0.712. The highest BCUT2D eigenvalue weighted by atomic mass is 15.1. The Labute approximate surface area is 91.1 Å². The molecule has 2 aliphatic rings. The van der Waals surface area contributed by atoms with Gasteiger partial charge in [-0.05, 0) is 24.9 Å². The summed E-state index contributed by atoms with van der Waals surface area (Å²) in [4.78, 5) is 0. The van der Waals surface area contributed by atoms with Crippen molar-refractivity contribution in [2.75, 3.05) is 13.1 Å². The lowest BCUT2D eigenvalue weighted by Crippen LogP contribution is -2.33. The highest BCUT2D eigenvalue weighted by Crippen LogP contribution is 2.40. The Morgan fingerprint density at radius 1 is 1.20 bits per heavy atom. The molecular weight excluding hydrogens is 184 g/mol. The van der Waals surface area contributed by atoms with E-state index in [9.17, 15) is 0 Å². The van der Waals surface area contributed by atoms with Gasteiger partial charge in [-0.1, -0.05) is 30.3 Å². The quantitative estimate of drug-likeness (QED) is 0.776. The first-order valence-electron chi connectivity index (χ1n) is 5.95. The molecule has 1 saturated carbocycles. The lowest BCUT2D eigenvalue weighted by molar-refractivity contribution is 0.537. The summed E-state index contributed by atoms with van der Waals surface area (Å²) in [6.07, 6.45) is 2.61. The van der Waals surface area contributed by atoms with Crippen molar-refractivity contribution in [3.63, 3.8) is 0 Å². The van der Waals surface area contributed by atoms with Crippen molar-refractivity contribution in [3.05, 3.63) is 35.9 Å². The molecule has 2 N–H and O–H groups in total. The van der Waals surface area contributed by atoms with Gasteiger partial charge in [0.1, 0.15) is 0 Å². The third-order valence-electron chi connectivity index (χ3n) is 3.53. The topological polar surface area (TPSA) is 24.1 Å². The number of nitrogens with one attached hydrogen (secondary N) is 2. The summed E-state index contributed by atoms with van der Waals surface area (Å²) in [7, 11) is 0. The van der Waals surface area contributed by atoms with Crippen LogP contribution in [0.25, 0.3) is 0 Å². The lowest BCUT2D eigenvalue weighted by Gasteiger charge is -2.10. The normalized spacial score (nSPS) is 34.3. The van der Waals surface area contributed by atoms with Gasteiger partial charge in [0.2, 0.25) is 0 Å². The van der Waals surface area contributed by atoms with E-state index in [0.717, 1.165) is 18.5 Å². The zero-order chi connectivity index (χ0) is 10.1. The largest absolute Gasteiger partial charge is 0.315 e. The smallest absolute Gasteiger partial charge is 0.0207 e. The zero-order valence-electron chi connectivity index (χ0n) is 8.95. The van der Waals surface area contributed by atoms with Gasteiger partial charge >= 0.3 is 0 Å². The number of hydrogen-bond acceptors (Lipinski definition) is 2. The molecule has 2 fully saturated rings. The molecule has 1 aliphatic carbocycles.